The summed E-state index contributed by atoms with van der Waals surface area (Å²) >= 11 is 1.40. The highest BCUT2D eigenvalue weighted by atomic mass is 32.2. The lowest BCUT2D eigenvalue weighted by molar-refractivity contribution is -0.113. The van der Waals surface area contributed by atoms with Crippen molar-refractivity contribution in [3.8, 4) is 5.75 Å². The van der Waals surface area contributed by atoms with Crippen molar-refractivity contribution in [2.45, 2.75) is 11.8 Å². The summed E-state index contributed by atoms with van der Waals surface area (Å²) in [5.74, 6) is 0.409. The fourth-order valence-corrected chi connectivity index (χ4v) is 4.22. The first-order chi connectivity index (χ1) is 11.5. The molecule has 1 saturated heterocycles. The zero-order valence-electron chi connectivity index (χ0n) is 13.8. The van der Waals surface area contributed by atoms with Gasteiger partial charge in [0.1, 0.15) is 10.6 Å². The predicted molar refractivity (Wildman–Crippen MR) is 94.2 cm³/mol. The number of morpholine rings is 1. The fourth-order valence-electron chi connectivity index (χ4n) is 2.32. The molecule has 2 rings (SSSR count). The van der Waals surface area contributed by atoms with Crippen LogP contribution in [0.2, 0.25) is 0 Å². The molecule has 0 unspecified atom stereocenters. The third-order valence-corrected chi connectivity index (χ3v) is 5.86. The molecule has 0 saturated carbocycles. The normalized spacial score (nSPS) is 15.9. The Bertz CT molecular complexity index is 672. The molecule has 0 atom stereocenters. The van der Waals surface area contributed by atoms with E-state index in [4.69, 9.17) is 9.47 Å². The van der Waals surface area contributed by atoms with Gasteiger partial charge in [-0.25, -0.2) is 8.42 Å². The molecule has 1 amide bonds. The van der Waals surface area contributed by atoms with Crippen molar-refractivity contribution >= 4 is 33.4 Å². The Morgan fingerprint density at radius 1 is 1.38 bits per heavy atom. The maximum Gasteiger partial charge on any atom is 0.246 e. The number of thioether (sulfide) groups is 1. The largest absolute Gasteiger partial charge is 0.492 e. The van der Waals surface area contributed by atoms with E-state index in [2.05, 4.69) is 5.32 Å². The monoisotopic (exact) mass is 374 g/mol. The van der Waals surface area contributed by atoms with E-state index in [1.54, 1.807) is 19.1 Å². The van der Waals surface area contributed by atoms with Crippen LogP contribution >= 0.6 is 11.8 Å². The van der Waals surface area contributed by atoms with Crippen molar-refractivity contribution in [1.29, 1.82) is 0 Å². The molecule has 1 heterocycles. The molecule has 0 aliphatic carbocycles. The first-order valence-electron chi connectivity index (χ1n) is 7.62. The summed E-state index contributed by atoms with van der Waals surface area (Å²) in [6.07, 6.45) is 1.83. The Labute approximate surface area is 146 Å². The number of anilines is 1. The molecular formula is C15H22N2O5S2. The van der Waals surface area contributed by atoms with E-state index < -0.39 is 10.0 Å². The van der Waals surface area contributed by atoms with Gasteiger partial charge in [-0.3, -0.25) is 4.79 Å². The van der Waals surface area contributed by atoms with Gasteiger partial charge in [0, 0.05) is 18.8 Å². The third kappa shape index (κ3) is 4.62. The molecule has 0 bridgehead atoms. The van der Waals surface area contributed by atoms with E-state index in [-0.39, 0.29) is 16.6 Å². The average Bonchev–Trinajstić information content (AvgIpc) is 2.57. The van der Waals surface area contributed by atoms with E-state index >= 15 is 0 Å². The Hall–Kier alpha value is -1.29. The molecule has 0 aromatic heterocycles. The highest BCUT2D eigenvalue weighted by molar-refractivity contribution is 7.99. The molecular weight excluding hydrogens is 352 g/mol. The van der Waals surface area contributed by atoms with Crippen LogP contribution < -0.4 is 10.1 Å². The highest BCUT2D eigenvalue weighted by Gasteiger charge is 2.29. The van der Waals surface area contributed by atoms with Crippen LogP contribution in [-0.4, -0.2) is 63.5 Å². The zero-order chi connectivity index (χ0) is 17.6. The number of hydrogen-bond acceptors (Lipinski definition) is 6. The van der Waals surface area contributed by atoms with Crippen LogP contribution in [0, 0.1) is 0 Å². The lowest BCUT2D eigenvalue weighted by Crippen LogP contribution is -2.40. The van der Waals surface area contributed by atoms with E-state index in [1.807, 2.05) is 6.26 Å². The van der Waals surface area contributed by atoms with Gasteiger partial charge >= 0.3 is 0 Å². The molecule has 0 spiro atoms. The lowest BCUT2D eigenvalue weighted by atomic mass is 10.3. The average molecular weight is 374 g/mol. The number of benzene rings is 1. The molecule has 1 aliphatic rings. The first-order valence-corrected chi connectivity index (χ1v) is 10.5. The molecule has 134 valence electrons. The summed E-state index contributed by atoms with van der Waals surface area (Å²) in [6, 6.07) is 4.67. The molecule has 1 aliphatic heterocycles. The van der Waals surface area contributed by atoms with Gasteiger partial charge in [-0.15, -0.1) is 0 Å². The van der Waals surface area contributed by atoms with Gasteiger partial charge in [0.2, 0.25) is 15.9 Å². The van der Waals surface area contributed by atoms with Crippen LogP contribution in [0.25, 0.3) is 0 Å². The molecule has 1 N–H and O–H groups in total. The van der Waals surface area contributed by atoms with Crippen molar-refractivity contribution in [3.63, 3.8) is 0 Å². The van der Waals surface area contributed by atoms with Crippen molar-refractivity contribution in [1.82, 2.24) is 4.31 Å². The third-order valence-electron chi connectivity index (χ3n) is 3.39. The van der Waals surface area contributed by atoms with Crippen molar-refractivity contribution in [2.75, 3.05) is 50.2 Å². The van der Waals surface area contributed by atoms with Gasteiger partial charge in [0.25, 0.3) is 0 Å². The van der Waals surface area contributed by atoms with Crippen LogP contribution in [0.15, 0.2) is 23.1 Å². The van der Waals surface area contributed by atoms with Gasteiger partial charge in [0.15, 0.2) is 0 Å². The van der Waals surface area contributed by atoms with Crippen LogP contribution in [-0.2, 0) is 19.6 Å². The second-order valence-electron chi connectivity index (χ2n) is 5.09. The second-order valence-corrected chi connectivity index (χ2v) is 7.86. The number of amides is 1. The number of sulfonamides is 1. The fraction of sp³-hybridized carbons (Fsp3) is 0.533. The molecule has 7 nitrogen and oxygen atoms in total. The quantitative estimate of drug-likeness (QED) is 0.777. The molecule has 0 radical (unpaired) electrons. The van der Waals surface area contributed by atoms with Gasteiger partial charge in [-0.1, -0.05) is 0 Å². The van der Waals surface area contributed by atoms with Gasteiger partial charge in [-0.2, -0.15) is 16.1 Å². The van der Waals surface area contributed by atoms with Gasteiger partial charge < -0.3 is 14.8 Å². The molecule has 1 aromatic carbocycles. The van der Waals surface area contributed by atoms with Crippen LogP contribution in [0.5, 0.6) is 5.75 Å². The minimum absolute atomic E-state index is 0.0631. The Balaban J connectivity index is 2.35. The SMILES string of the molecule is CCOc1ccc(NC(=O)CSC)cc1S(=O)(=O)N1CCOCC1. The van der Waals surface area contributed by atoms with Gasteiger partial charge in [0.05, 0.1) is 25.6 Å². The zero-order valence-corrected chi connectivity index (χ0v) is 15.4. The number of ether oxygens (including phenoxy) is 2. The molecule has 1 aromatic rings. The summed E-state index contributed by atoms with van der Waals surface area (Å²) in [5.41, 5.74) is 0.435. The van der Waals surface area contributed by atoms with Crippen molar-refractivity contribution in [2.24, 2.45) is 0 Å². The lowest BCUT2D eigenvalue weighted by Gasteiger charge is -2.27. The standard InChI is InChI=1S/C15H22N2O5S2/c1-3-22-13-5-4-12(16-15(18)11-23-2)10-14(13)24(19,20)17-6-8-21-9-7-17/h4-5,10H,3,6-9,11H2,1-2H3,(H,16,18). The van der Waals surface area contributed by atoms with Gasteiger partial charge in [-0.05, 0) is 31.4 Å². The Kier molecular flexibility index (Phi) is 6.90. The van der Waals surface area contributed by atoms with E-state index in [0.717, 1.165) is 0 Å². The minimum atomic E-state index is -3.71. The Morgan fingerprint density at radius 3 is 2.71 bits per heavy atom. The number of nitrogens with zero attached hydrogens (tertiary/aromatic N) is 1. The Morgan fingerprint density at radius 2 is 2.08 bits per heavy atom. The topological polar surface area (TPSA) is 84.9 Å². The van der Waals surface area contributed by atoms with Crippen molar-refractivity contribution in [3.05, 3.63) is 18.2 Å². The molecule has 1 fully saturated rings. The maximum atomic E-state index is 12.9. The highest BCUT2D eigenvalue weighted by Crippen LogP contribution is 2.30. The molecule has 24 heavy (non-hydrogen) atoms. The minimum Gasteiger partial charge on any atom is -0.492 e. The van der Waals surface area contributed by atoms with Crippen LogP contribution in [0.3, 0.4) is 0 Å². The van der Waals surface area contributed by atoms with Crippen LogP contribution in [0.4, 0.5) is 5.69 Å². The number of carbonyl (C=O) groups excluding carboxylic acids is 1. The molecule has 9 heteroatoms. The summed E-state index contributed by atoms with van der Waals surface area (Å²) in [4.78, 5) is 11.8. The summed E-state index contributed by atoms with van der Waals surface area (Å²) in [6.45, 7) is 3.48. The van der Waals surface area contributed by atoms with E-state index in [1.165, 1.54) is 22.1 Å². The predicted octanol–water partition coefficient (Wildman–Crippen LogP) is 1.41. The maximum absolute atomic E-state index is 12.9. The van der Waals surface area contributed by atoms with E-state index in [0.29, 0.717) is 44.4 Å². The number of nitrogens with one attached hydrogen (secondary N) is 1. The summed E-state index contributed by atoms with van der Waals surface area (Å²) < 4.78 is 37.9. The number of rotatable bonds is 7. The summed E-state index contributed by atoms with van der Waals surface area (Å²) in [5, 5.41) is 2.70. The first kappa shape index (κ1) is 19.0. The number of carbonyl (C=O) groups is 1. The smallest absolute Gasteiger partial charge is 0.246 e. The number of hydrogen-bond donors (Lipinski definition) is 1. The second kappa shape index (κ2) is 8.70. The van der Waals surface area contributed by atoms with E-state index in [9.17, 15) is 13.2 Å². The van der Waals surface area contributed by atoms with Crippen molar-refractivity contribution < 1.29 is 22.7 Å². The summed E-state index contributed by atoms with van der Waals surface area (Å²) in [7, 11) is -3.71. The van der Waals surface area contributed by atoms with Crippen LogP contribution in [0.1, 0.15) is 6.92 Å².